The van der Waals surface area contributed by atoms with Gasteiger partial charge in [0.25, 0.3) is 0 Å². The van der Waals surface area contributed by atoms with Crippen molar-refractivity contribution in [1.82, 2.24) is 0 Å². The Balaban J connectivity index is 1.39. The number of fused-ring (bicyclic) bond motifs is 1. The quantitative estimate of drug-likeness (QED) is 0.241. The lowest BCUT2D eigenvalue weighted by atomic mass is 9.76. The lowest BCUT2D eigenvalue weighted by Gasteiger charge is -2.32. The van der Waals surface area contributed by atoms with Crippen LogP contribution in [0.2, 0.25) is 0 Å². The molecule has 1 aliphatic heterocycles. The molecule has 0 N–H and O–H groups in total. The Hall–Kier alpha value is -3.66. The minimum absolute atomic E-state index is 0.387. The molecule has 0 aliphatic carbocycles. The van der Waals surface area contributed by atoms with E-state index >= 15 is 0 Å². The number of rotatable bonds is 4. The molecule has 0 amide bonds. The Labute approximate surface area is 220 Å². The third kappa shape index (κ3) is 4.50. The molecule has 3 heteroatoms. The summed E-state index contributed by atoms with van der Waals surface area (Å²) in [5.74, 6) is 0. The van der Waals surface area contributed by atoms with Crippen LogP contribution >= 0.6 is 0 Å². The van der Waals surface area contributed by atoms with Crippen molar-refractivity contribution in [3.63, 3.8) is 0 Å². The third-order valence-corrected chi connectivity index (χ3v) is 7.89. The molecular weight excluding hydrogens is 451 g/mol. The maximum absolute atomic E-state index is 6.42. The molecule has 0 saturated carbocycles. The Kier molecular flexibility index (Phi) is 5.79. The summed E-state index contributed by atoms with van der Waals surface area (Å²) in [7, 11) is -0.413. The van der Waals surface area contributed by atoms with Gasteiger partial charge >= 0.3 is 7.12 Å². The van der Waals surface area contributed by atoms with Gasteiger partial charge in [0.15, 0.2) is 0 Å². The topological polar surface area (TPSA) is 18.5 Å². The van der Waals surface area contributed by atoms with Gasteiger partial charge in [-0.25, -0.2) is 0 Å². The maximum atomic E-state index is 6.42. The first-order valence-corrected chi connectivity index (χ1v) is 12.9. The van der Waals surface area contributed by atoms with Gasteiger partial charge in [0.1, 0.15) is 0 Å². The summed E-state index contributed by atoms with van der Waals surface area (Å²) in [6.07, 6.45) is 0. The second-order valence-electron chi connectivity index (χ2n) is 10.9. The summed E-state index contributed by atoms with van der Waals surface area (Å²) < 4.78 is 12.8. The highest BCUT2D eigenvalue weighted by molar-refractivity contribution is 6.62. The minimum atomic E-state index is -0.413. The lowest BCUT2D eigenvalue weighted by Crippen LogP contribution is -2.41. The van der Waals surface area contributed by atoms with Gasteiger partial charge in [-0.15, -0.1) is 0 Å². The first-order valence-electron chi connectivity index (χ1n) is 12.9. The Morgan fingerprint density at radius 3 is 1.54 bits per heavy atom. The van der Waals surface area contributed by atoms with E-state index < -0.39 is 7.12 Å². The molecule has 2 nitrogen and oxygen atoms in total. The van der Waals surface area contributed by atoms with Crippen LogP contribution in [0.3, 0.4) is 0 Å². The van der Waals surface area contributed by atoms with E-state index in [-0.39, 0.29) is 11.2 Å². The zero-order chi connectivity index (χ0) is 25.6. The summed E-state index contributed by atoms with van der Waals surface area (Å²) in [6.45, 7) is 8.39. The number of hydrogen-bond acceptors (Lipinski definition) is 2. The van der Waals surface area contributed by atoms with Crippen molar-refractivity contribution in [2.75, 3.05) is 0 Å². The highest BCUT2D eigenvalue weighted by atomic mass is 16.7. The van der Waals surface area contributed by atoms with E-state index in [9.17, 15) is 0 Å². The Morgan fingerprint density at radius 1 is 0.432 bits per heavy atom. The summed E-state index contributed by atoms with van der Waals surface area (Å²) in [5.41, 5.74) is 7.34. The van der Waals surface area contributed by atoms with Crippen molar-refractivity contribution < 1.29 is 9.31 Å². The van der Waals surface area contributed by atoms with Crippen molar-refractivity contribution in [2.45, 2.75) is 38.9 Å². The van der Waals surface area contributed by atoms with E-state index in [1.54, 1.807) is 0 Å². The van der Waals surface area contributed by atoms with Crippen LogP contribution in [0.1, 0.15) is 27.7 Å². The minimum Gasteiger partial charge on any atom is -0.399 e. The standard InChI is InChI=1S/C34H31BO2/c1-33(2)34(3,4)37-35(36-33)32-22-30(24-10-6-5-7-11-24)21-31(23-32)27-16-14-26(15-17-27)29-19-18-25-12-8-9-13-28(25)20-29/h5-23H,1-4H3. The number of hydrogen-bond donors (Lipinski definition) is 0. The molecular formula is C34H31BO2. The van der Waals surface area contributed by atoms with Crippen LogP contribution < -0.4 is 5.46 Å². The van der Waals surface area contributed by atoms with Gasteiger partial charge in [-0.3, -0.25) is 0 Å². The first-order chi connectivity index (χ1) is 17.8. The molecule has 1 fully saturated rings. The molecule has 6 rings (SSSR count). The molecule has 0 bridgehead atoms. The van der Waals surface area contributed by atoms with Gasteiger partial charge in [-0.05, 0) is 89.4 Å². The van der Waals surface area contributed by atoms with Crippen LogP contribution in [0, 0.1) is 0 Å². The summed E-state index contributed by atoms with van der Waals surface area (Å²) in [6, 6.07) is 41.2. The average Bonchev–Trinajstić information content (AvgIpc) is 3.15. The summed E-state index contributed by atoms with van der Waals surface area (Å²) >= 11 is 0. The smallest absolute Gasteiger partial charge is 0.399 e. The second kappa shape index (κ2) is 9.02. The second-order valence-corrected chi connectivity index (χ2v) is 10.9. The third-order valence-electron chi connectivity index (χ3n) is 7.89. The van der Waals surface area contributed by atoms with E-state index in [1.807, 2.05) is 6.07 Å². The molecule has 1 saturated heterocycles. The monoisotopic (exact) mass is 482 g/mol. The normalized spacial score (nSPS) is 16.3. The largest absolute Gasteiger partial charge is 0.494 e. The lowest BCUT2D eigenvalue weighted by molar-refractivity contribution is 0.00578. The van der Waals surface area contributed by atoms with E-state index in [0.717, 1.165) is 16.6 Å². The molecule has 5 aromatic rings. The average molecular weight is 482 g/mol. The SMILES string of the molecule is CC1(C)OB(c2cc(-c3ccccc3)cc(-c3ccc(-c4ccc5ccccc5c4)cc3)c2)OC1(C)C. The highest BCUT2D eigenvalue weighted by Gasteiger charge is 2.51. The summed E-state index contributed by atoms with van der Waals surface area (Å²) in [4.78, 5) is 0. The molecule has 0 radical (unpaired) electrons. The van der Waals surface area contributed by atoms with Crippen molar-refractivity contribution in [2.24, 2.45) is 0 Å². The molecule has 0 unspecified atom stereocenters. The molecule has 1 heterocycles. The maximum Gasteiger partial charge on any atom is 0.494 e. The van der Waals surface area contributed by atoms with Crippen LogP contribution in [0.25, 0.3) is 44.2 Å². The molecule has 5 aromatic carbocycles. The predicted molar refractivity (Wildman–Crippen MR) is 156 cm³/mol. The van der Waals surface area contributed by atoms with Crippen LogP contribution in [-0.2, 0) is 9.31 Å². The van der Waals surface area contributed by atoms with Crippen molar-refractivity contribution >= 4 is 23.4 Å². The zero-order valence-corrected chi connectivity index (χ0v) is 21.9. The van der Waals surface area contributed by atoms with Gasteiger partial charge in [0.2, 0.25) is 0 Å². The van der Waals surface area contributed by atoms with E-state index in [0.29, 0.717) is 0 Å². The molecule has 0 aromatic heterocycles. The first kappa shape index (κ1) is 23.7. The van der Waals surface area contributed by atoms with Gasteiger partial charge in [-0.2, -0.15) is 0 Å². The van der Waals surface area contributed by atoms with Gasteiger partial charge < -0.3 is 9.31 Å². The molecule has 1 aliphatic rings. The Bertz CT molecular complexity index is 1550. The van der Waals surface area contributed by atoms with Crippen molar-refractivity contribution in [1.29, 1.82) is 0 Å². The van der Waals surface area contributed by atoms with Crippen molar-refractivity contribution in [3.8, 4) is 33.4 Å². The highest BCUT2D eigenvalue weighted by Crippen LogP contribution is 2.37. The fourth-order valence-electron chi connectivity index (χ4n) is 4.95. The molecule has 37 heavy (non-hydrogen) atoms. The van der Waals surface area contributed by atoms with E-state index in [4.69, 9.17) is 9.31 Å². The number of benzene rings is 5. The van der Waals surface area contributed by atoms with Crippen LogP contribution in [0.5, 0.6) is 0 Å². The molecule has 0 atom stereocenters. The predicted octanol–water partition coefficient (Wildman–Crippen LogP) is 8.14. The fraction of sp³-hybridized carbons (Fsp3) is 0.176. The van der Waals surface area contributed by atoms with Crippen LogP contribution in [-0.4, -0.2) is 18.3 Å². The van der Waals surface area contributed by atoms with Crippen LogP contribution in [0.15, 0.2) is 115 Å². The molecule has 0 spiro atoms. The van der Waals surface area contributed by atoms with Gasteiger partial charge in [0, 0.05) is 0 Å². The van der Waals surface area contributed by atoms with E-state index in [2.05, 4.69) is 137 Å². The molecule has 182 valence electrons. The van der Waals surface area contributed by atoms with Crippen LogP contribution in [0.4, 0.5) is 0 Å². The van der Waals surface area contributed by atoms with Gasteiger partial charge in [0.05, 0.1) is 11.2 Å². The fourth-order valence-corrected chi connectivity index (χ4v) is 4.95. The van der Waals surface area contributed by atoms with E-state index in [1.165, 1.54) is 33.0 Å². The Morgan fingerprint density at radius 2 is 0.919 bits per heavy atom. The zero-order valence-electron chi connectivity index (χ0n) is 21.9. The van der Waals surface area contributed by atoms with Gasteiger partial charge in [-0.1, -0.05) is 103 Å². The summed E-state index contributed by atoms with van der Waals surface area (Å²) in [5, 5.41) is 2.52. The van der Waals surface area contributed by atoms with Crippen molar-refractivity contribution in [3.05, 3.63) is 115 Å².